The second kappa shape index (κ2) is 7.68. The molecule has 0 atom stereocenters. The van der Waals surface area contributed by atoms with Gasteiger partial charge in [0.15, 0.2) is 0 Å². The maximum atomic E-state index is 9.25. The summed E-state index contributed by atoms with van der Waals surface area (Å²) < 4.78 is 5.34. The number of hydrogen-bond acceptors (Lipinski definition) is 6. The lowest BCUT2D eigenvalue weighted by atomic mass is 10.1. The van der Waals surface area contributed by atoms with Crippen LogP contribution in [0.4, 0.5) is 5.95 Å². The third-order valence-electron chi connectivity index (χ3n) is 3.77. The summed E-state index contributed by atoms with van der Waals surface area (Å²) in [6.45, 7) is 5.21. The number of hydrogen-bond donors (Lipinski definition) is 1. The van der Waals surface area contributed by atoms with Gasteiger partial charge in [0.2, 0.25) is 5.95 Å². The number of anilines is 1. The molecule has 1 fully saturated rings. The first-order valence-corrected chi connectivity index (χ1v) is 7.73. The van der Waals surface area contributed by atoms with Crippen LogP contribution < -0.4 is 5.32 Å². The van der Waals surface area contributed by atoms with Gasteiger partial charge >= 0.3 is 0 Å². The topological polar surface area (TPSA) is 74.1 Å². The van der Waals surface area contributed by atoms with Gasteiger partial charge in [0.05, 0.1) is 30.7 Å². The molecule has 3 rings (SSSR count). The highest BCUT2D eigenvalue weighted by Gasteiger charge is 2.11. The van der Waals surface area contributed by atoms with Crippen LogP contribution in [0.15, 0.2) is 36.5 Å². The number of rotatable bonds is 5. The van der Waals surface area contributed by atoms with E-state index in [0.29, 0.717) is 17.2 Å². The van der Waals surface area contributed by atoms with E-state index in [9.17, 15) is 5.26 Å². The molecule has 0 aliphatic carbocycles. The molecule has 23 heavy (non-hydrogen) atoms. The second-order valence-electron chi connectivity index (χ2n) is 5.31. The van der Waals surface area contributed by atoms with Gasteiger partial charge in [0.25, 0.3) is 0 Å². The fraction of sp³-hybridized carbons (Fsp3) is 0.353. The molecule has 2 heterocycles. The summed E-state index contributed by atoms with van der Waals surface area (Å²) >= 11 is 0. The van der Waals surface area contributed by atoms with Crippen molar-refractivity contribution in [3.63, 3.8) is 0 Å². The van der Waals surface area contributed by atoms with Gasteiger partial charge < -0.3 is 10.1 Å². The first-order chi connectivity index (χ1) is 11.4. The van der Waals surface area contributed by atoms with Gasteiger partial charge in [-0.2, -0.15) is 5.26 Å². The molecule has 0 amide bonds. The maximum Gasteiger partial charge on any atom is 0.223 e. The molecule has 1 aromatic carbocycles. The first kappa shape index (κ1) is 15.4. The molecular formula is C17H19N5O. The van der Waals surface area contributed by atoms with Crippen molar-refractivity contribution >= 4 is 5.95 Å². The van der Waals surface area contributed by atoms with Crippen LogP contribution in [-0.4, -0.2) is 54.3 Å². The smallest absolute Gasteiger partial charge is 0.223 e. The highest BCUT2D eigenvalue weighted by molar-refractivity contribution is 5.66. The highest BCUT2D eigenvalue weighted by atomic mass is 16.5. The first-order valence-electron chi connectivity index (χ1n) is 7.73. The lowest BCUT2D eigenvalue weighted by Crippen LogP contribution is -2.39. The van der Waals surface area contributed by atoms with Gasteiger partial charge in [-0.25, -0.2) is 9.97 Å². The zero-order chi connectivity index (χ0) is 15.9. The third-order valence-corrected chi connectivity index (χ3v) is 3.77. The number of nitrogens with one attached hydrogen (secondary N) is 1. The summed E-state index contributed by atoms with van der Waals surface area (Å²) in [7, 11) is 0. The van der Waals surface area contributed by atoms with Crippen molar-refractivity contribution in [2.45, 2.75) is 0 Å². The monoisotopic (exact) mass is 309 g/mol. The number of benzene rings is 1. The number of aromatic nitrogens is 2. The SMILES string of the molecule is N#Cc1cnc(NCCN2CCOCC2)nc1-c1ccccc1. The van der Waals surface area contributed by atoms with Crippen LogP contribution in [0.25, 0.3) is 11.3 Å². The quantitative estimate of drug-likeness (QED) is 0.907. The highest BCUT2D eigenvalue weighted by Crippen LogP contribution is 2.21. The zero-order valence-electron chi connectivity index (χ0n) is 12.9. The minimum absolute atomic E-state index is 0.481. The molecule has 1 N–H and O–H groups in total. The molecule has 0 spiro atoms. The summed E-state index contributed by atoms with van der Waals surface area (Å²) in [5.74, 6) is 0.552. The predicted molar refractivity (Wildman–Crippen MR) is 87.9 cm³/mol. The molecule has 1 aliphatic heterocycles. The Morgan fingerprint density at radius 1 is 1.22 bits per heavy atom. The normalized spacial score (nSPS) is 15.1. The second-order valence-corrected chi connectivity index (χ2v) is 5.31. The summed E-state index contributed by atoms with van der Waals surface area (Å²) in [5, 5.41) is 12.5. The summed E-state index contributed by atoms with van der Waals surface area (Å²) in [6.07, 6.45) is 1.58. The molecule has 6 heteroatoms. The van der Waals surface area contributed by atoms with Crippen molar-refractivity contribution in [3.05, 3.63) is 42.1 Å². The minimum Gasteiger partial charge on any atom is -0.379 e. The van der Waals surface area contributed by atoms with Crippen molar-refractivity contribution in [3.8, 4) is 17.3 Å². The van der Waals surface area contributed by atoms with E-state index in [-0.39, 0.29) is 0 Å². The van der Waals surface area contributed by atoms with Crippen molar-refractivity contribution in [2.24, 2.45) is 0 Å². The number of nitriles is 1. The van der Waals surface area contributed by atoms with E-state index in [2.05, 4.69) is 26.3 Å². The Morgan fingerprint density at radius 3 is 2.74 bits per heavy atom. The molecule has 0 radical (unpaired) electrons. The molecule has 118 valence electrons. The molecular weight excluding hydrogens is 290 g/mol. The number of morpholine rings is 1. The summed E-state index contributed by atoms with van der Waals surface area (Å²) in [6, 6.07) is 11.9. The number of ether oxygens (including phenoxy) is 1. The Balaban J connectivity index is 1.67. The van der Waals surface area contributed by atoms with E-state index in [4.69, 9.17) is 4.74 Å². The fourth-order valence-electron chi connectivity index (χ4n) is 2.52. The average molecular weight is 309 g/mol. The van der Waals surface area contributed by atoms with E-state index in [1.807, 2.05) is 30.3 Å². The largest absolute Gasteiger partial charge is 0.379 e. The van der Waals surface area contributed by atoms with Gasteiger partial charge in [0, 0.05) is 31.7 Å². The average Bonchev–Trinajstić information content (AvgIpc) is 2.63. The third kappa shape index (κ3) is 4.03. The van der Waals surface area contributed by atoms with Crippen LogP contribution in [0.5, 0.6) is 0 Å². The van der Waals surface area contributed by atoms with E-state index >= 15 is 0 Å². The fourth-order valence-corrected chi connectivity index (χ4v) is 2.52. The van der Waals surface area contributed by atoms with Crippen LogP contribution in [0.3, 0.4) is 0 Å². The van der Waals surface area contributed by atoms with E-state index in [1.165, 1.54) is 0 Å². The van der Waals surface area contributed by atoms with E-state index in [1.54, 1.807) is 6.20 Å². The Hall–Kier alpha value is -2.49. The van der Waals surface area contributed by atoms with E-state index < -0.39 is 0 Å². The van der Waals surface area contributed by atoms with Gasteiger partial charge in [-0.3, -0.25) is 4.90 Å². The Morgan fingerprint density at radius 2 is 2.00 bits per heavy atom. The summed E-state index contributed by atoms with van der Waals surface area (Å²) in [4.78, 5) is 11.1. The standard InChI is InChI=1S/C17H19N5O/c18-12-15-13-20-17(19-6-7-22-8-10-23-11-9-22)21-16(15)14-4-2-1-3-5-14/h1-5,13H,6-11H2,(H,19,20,21). The van der Waals surface area contributed by atoms with Gasteiger partial charge in [0.1, 0.15) is 6.07 Å². The van der Waals surface area contributed by atoms with Crippen LogP contribution in [-0.2, 0) is 4.74 Å². The van der Waals surface area contributed by atoms with Gasteiger partial charge in [-0.1, -0.05) is 30.3 Å². The number of nitrogens with zero attached hydrogens (tertiary/aromatic N) is 4. The van der Waals surface area contributed by atoms with Crippen LogP contribution >= 0.6 is 0 Å². The lowest BCUT2D eigenvalue weighted by molar-refractivity contribution is 0.0398. The van der Waals surface area contributed by atoms with Crippen molar-refractivity contribution in [1.29, 1.82) is 5.26 Å². The molecule has 2 aromatic rings. The molecule has 1 saturated heterocycles. The molecule has 0 saturated carbocycles. The molecule has 0 bridgehead atoms. The van der Waals surface area contributed by atoms with Crippen molar-refractivity contribution in [2.75, 3.05) is 44.7 Å². The van der Waals surface area contributed by atoms with Crippen molar-refractivity contribution in [1.82, 2.24) is 14.9 Å². The van der Waals surface area contributed by atoms with E-state index in [0.717, 1.165) is 45.0 Å². The van der Waals surface area contributed by atoms with Crippen LogP contribution in [0.1, 0.15) is 5.56 Å². The van der Waals surface area contributed by atoms with Crippen molar-refractivity contribution < 1.29 is 4.74 Å². The Kier molecular flexibility index (Phi) is 5.14. The predicted octanol–water partition coefficient (Wildman–Crippen LogP) is 1.76. The Labute approximate surface area is 135 Å². The molecule has 6 nitrogen and oxygen atoms in total. The summed E-state index contributed by atoms with van der Waals surface area (Å²) in [5.41, 5.74) is 2.06. The minimum atomic E-state index is 0.481. The molecule has 0 unspecified atom stereocenters. The Bertz CT molecular complexity index is 677. The van der Waals surface area contributed by atoms with Crippen LogP contribution in [0.2, 0.25) is 0 Å². The van der Waals surface area contributed by atoms with Gasteiger partial charge in [-0.15, -0.1) is 0 Å². The lowest BCUT2D eigenvalue weighted by Gasteiger charge is -2.26. The molecule has 1 aromatic heterocycles. The zero-order valence-corrected chi connectivity index (χ0v) is 12.9. The maximum absolute atomic E-state index is 9.25. The van der Waals surface area contributed by atoms with Crippen LogP contribution in [0, 0.1) is 11.3 Å². The molecule has 1 aliphatic rings. The van der Waals surface area contributed by atoms with Gasteiger partial charge in [-0.05, 0) is 0 Å².